The molecule has 0 atom stereocenters. The van der Waals surface area contributed by atoms with Crippen molar-refractivity contribution in [2.75, 3.05) is 13.1 Å². The number of aromatic nitrogens is 1. The quantitative estimate of drug-likeness (QED) is 0.655. The van der Waals surface area contributed by atoms with Gasteiger partial charge in [0.2, 0.25) is 0 Å². The Hall–Kier alpha value is -1.82. The van der Waals surface area contributed by atoms with Crippen LogP contribution in [0.5, 0.6) is 0 Å². The number of pyridine rings is 1. The van der Waals surface area contributed by atoms with Gasteiger partial charge in [-0.1, -0.05) is 11.6 Å². The Bertz CT molecular complexity index is 397. The minimum absolute atomic E-state index is 0.268. The second-order valence-corrected chi connectivity index (χ2v) is 3.31. The van der Waals surface area contributed by atoms with E-state index >= 15 is 0 Å². The van der Waals surface area contributed by atoms with E-state index in [4.69, 9.17) is 17.3 Å². The molecule has 0 spiro atoms. The molecule has 0 aliphatic carbocycles. The molecule has 4 N–H and O–H groups in total. The van der Waals surface area contributed by atoms with Crippen molar-refractivity contribution in [3.8, 4) is 0 Å². The van der Waals surface area contributed by atoms with Crippen LogP contribution >= 0.6 is 11.6 Å². The summed E-state index contributed by atoms with van der Waals surface area (Å²) in [5.41, 5.74) is 5.20. The van der Waals surface area contributed by atoms with Crippen molar-refractivity contribution in [1.29, 1.82) is 0 Å². The number of urea groups is 1. The Morgan fingerprint density at radius 1 is 1.38 bits per heavy atom. The molecule has 1 aromatic rings. The predicted octanol–water partition coefficient (Wildman–Crippen LogP) is 0.133. The zero-order valence-corrected chi connectivity index (χ0v) is 9.12. The summed E-state index contributed by atoms with van der Waals surface area (Å²) < 4.78 is 0. The third-order valence-electron chi connectivity index (χ3n) is 1.73. The summed E-state index contributed by atoms with van der Waals surface area (Å²) in [6, 6.07) is 0.885. The topological polar surface area (TPSA) is 97.1 Å². The number of carbonyl (C=O) groups is 2. The Labute approximate surface area is 97.2 Å². The fraction of sp³-hybridized carbons (Fsp3) is 0.222. The van der Waals surface area contributed by atoms with Gasteiger partial charge in [-0.2, -0.15) is 0 Å². The SMILES string of the molecule is NC(=O)NCCNC(=O)c1ccncc1Cl. The molecule has 0 aliphatic rings. The van der Waals surface area contributed by atoms with E-state index < -0.39 is 6.03 Å². The second kappa shape index (κ2) is 5.92. The molecule has 1 heterocycles. The first kappa shape index (κ1) is 12.3. The number of nitrogens with zero attached hydrogens (tertiary/aromatic N) is 1. The molecule has 0 saturated carbocycles. The van der Waals surface area contributed by atoms with Gasteiger partial charge >= 0.3 is 6.03 Å². The highest BCUT2D eigenvalue weighted by Gasteiger charge is 2.08. The molecule has 3 amide bonds. The largest absolute Gasteiger partial charge is 0.352 e. The normalized spacial score (nSPS) is 9.56. The lowest BCUT2D eigenvalue weighted by molar-refractivity contribution is 0.0954. The molecule has 16 heavy (non-hydrogen) atoms. The molecular weight excluding hydrogens is 232 g/mol. The highest BCUT2D eigenvalue weighted by molar-refractivity contribution is 6.33. The molecule has 0 aromatic carbocycles. The average molecular weight is 243 g/mol. The van der Waals surface area contributed by atoms with Crippen LogP contribution in [0.1, 0.15) is 10.4 Å². The van der Waals surface area contributed by atoms with Crippen molar-refractivity contribution in [3.63, 3.8) is 0 Å². The summed E-state index contributed by atoms with van der Waals surface area (Å²) in [6.45, 7) is 0.546. The number of primary amides is 1. The summed E-state index contributed by atoms with van der Waals surface area (Å²) >= 11 is 5.77. The molecule has 0 radical (unpaired) electrons. The maximum absolute atomic E-state index is 11.5. The maximum Gasteiger partial charge on any atom is 0.312 e. The van der Waals surface area contributed by atoms with Gasteiger partial charge in [0.15, 0.2) is 0 Å². The van der Waals surface area contributed by atoms with Crippen LogP contribution in [0.15, 0.2) is 18.5 Å². The summed E-state index contributed by atoms with van der Waals surface area (Å²) in [4.78, 5) is 25.6. The van der Waals surface area contributed by atoms with Gasteiger partial charge in [-0.25, -0.2) is 4.79 Å². The Balaban J connectivity index is 2.41. The first-order chi connectivity index (χ1) is 7.61. The average Bonchev–Trinajstić information content (AvgIpc) is 2.24. The van der Waals surface area contributed by atoms with Crippen LogP contribution in [-0.4, -0.2) is 30.0 Å². The van der Waals surface area contributed by atoms with E-state index in [1.807, 2.05) is 0 Å². The summed E-state index contributed by atoms with van der Waals surface area (Å²) in [6.07, 6.45) is 2.86. The molecule has 0 unspecified atom stereocenters. The molecular formula is C9H11ClN4O2. The third kappa shape index (κ3) is 3.74. The minimum Gasteiger partial charge on any atom is -0.352 e. The zero-order chi connectivity index (χ0) is 12.0. The second-order valence-electron chi connectivity index (χ2n) is 2.90. The van der Waals surface area contributed by atoms with Gasteiger partial charge in [-0.3, -0.25) is 9.78 Å². The molecule has 7 heteroatoms. The van der Waals surface area contributed by atoms with Crippen molar-refractivity contribution in [2.24, 2.45) is 5.73 Å². The molecule has 0 saturated heterocycles. The number of amides is 3. The van der Waals surface area contributed by atoms with Crippen molar-refractivity contribution in [1.82, 2.24) is 15.6 Å². The lowest BCUT2D eigenvalue weighted by atomic mass is 10.2. The Morgan fingerprint density at radius 3 is 2.69 bits per heavy atom. The Morgan fingerprint density at radius 2 is 2.06 bits per heavy atom. The van der Waals surface area contributed by atoms with E-state index in [0.29, 0.717) is 5.56 Å². The summed E-state index contributed by atoms with van der Waals surface area (Å²) in [7, 11) is 0. The van der Waals surface area contributed by atoms with Crippen LogP contribution in [0.3, 0.4) is 0 Å². The first-order valence-corrected chi connectivity index (χ1v) is 4.90. The van der Waals surface area contributed by atoms with Crippen LogP contribution in [0.2, 0.25) is 5.02 Å². The van der Waals surface area contributed by atoms with E-state index in [1.165, 1.54) is 18.5 Å². The number of hydrogen-bond acceptors (Lipinski definition) is 3. The lowest BCUT2D eigenvalue weighted by Gasteiger charge is -2.06. The molecule has 1 rings (SSSR count). The van der Waals surface area contributed by atoms with Crippen LogP contribution in [0.25, 0.3) is 0 Å². The molecule has 0 fully saturated rings. The monoisotopic (exact) mass is 242 g/mol. The molecule has 1 aromatic heterocycles. The van der Waals surface area contributed by atoms with Gasteiger partial charge in [0.1, 0.15) is 0 Å². The van der Waals surface area contributed by atoms with Gasteiger partial charge in [-0.05, 0) is 6.07 Å². The van der Waals surface area contributed by atoms with Crippen LogP contribution < -0.4 is 16.4 Å². The fourth-order valence-electron chi connectivity index (χ4n) is 1.02. The Kier molecular flexibility index (Phi) is 4.53. The number of nitrogens with one attached hydrogen (secondary N) is 2. The van der Waals surface area contributed by atoms with E-state index in [9.17, 15) is 9.59 Å². The van der Waals surface area contributed by atoms with Gasteiger partial charge < -0.3 is 16.4 Å². The van der Waals surface area contributed by atoms with Crippen LogP contribution in [0.4, 0.5) is 4.79 Å². The van der Waals surface area contributed by atoms with E-state index in [0.717, 1.165) is 0 Å². The van der Waals surface area contributed by atoms with E-state index in [-0.39, 0.29) is 24.0 Å². The third-order valence-corrected chi connectivity index (χ3v) is 2.03. The standard InChI is InChI=1S/C9H11ClN4O2/c10-7-5-12-2-1-6(7)8(15)13-3-4-14-9(11)16/h1-2,5H,3-4H2,(H,13,15)(H3,11,14,16). The number of rotatable bonds is 4. The predicted molar refractivity (Wildman–Crippen MR) is 59.2 cm³/mol. The van der Waals surface area contributed by atoms with E-state index in [1.54, 1.807) is 0 Å². The van der Waals surface area contributed by atoms with Crippen molar-refractivity contribution >= 4 is 23.5 Å². The molecule has 86 valence electrons. The van der Waals surface area contributed by atoms with Crippen molar-refractivity contribution in [2.45, 2.75) is 0 Å². The smallest absolute Gasteiger partial charge is 0.312 e. The summed E-state index contributed by atoms with van der Waals surface area (Å²) in [5.74, 6) is -0.321. The number of halogens is 1. The van der Waals surface area contributed by atoms with Gasteiger partial charge in [0, 0.05) is 25.5 Å². The van der Waals surface area contributed by atoms with Gasteiger partial charge in [0.05, 0.1) is 10.6 Å². The first-order valence-electron chi connectivity index (χ1n) is 4.52. The zero-order valence-electron chi connectivity index (χ0n) is 8.37. The van der Waals surface area contributed by atoms with Crippen LogP contribution in [-0.2, 0) is 0 Å². The van der Waals surface area contributed by atoms with Crippen molar-refractivity contribution in [3.05, 3.63) is 29.0 Å². The van der Waals surface area contributed by atoms with Crippen molar-refractivity contribution < 1.29 is 9.59 Å². The minimum atomic E-state index is -0.629. The van der Waals surface area contributed by atoms with Gasteiger partial charge in [0.25, 0.3) is 5.91 Å². The number of nitrogens with two attached hydrogens (primary N) is 1. The number of hydrogen-bond donors (Lipinski definition) is 3. The maximum atomic E-state index is 11.5. The van der Waals surface area contributed by atoms with Crippen LogP contribution in [0, 0.1) is 0 Å². The molecule has 6 nitrogen and oxygen atoms in total. The highest BCUT2D eigenvalue weighted by Crippen LogP contribution is 2.12. The molecule has 0 bridgehead atoms. The number of carbonyl (C=O) groups excluding carboxylic acids is 2. The lowest BCUT2D eigenvalue weighted by Crippen LogP contribution is -2.37. The summed E-state index contributed by atoms with van der Waals surface area (Å²) in [5, 5.41) is 5.20. The molecule has 0 aliphatic heterocycles. The van der Waals surface area contributed by atoms with E-state index in [2.05, 4.69) is 15.6 Å². The fourth-order valence-corrected chi connectivity index (χ4v) is 1.22. The highest BCUT2D eigenvalue weighted by atomic mass is 35.5. The van der Waals surface area contributed by atoms with Gasteiger partial charge in [-0.15, -0.1) is 0 Å².